The molecule has 1 aromatic carbocycles. The molecule has 8 nitrogen and oxygen atoms in total. The van der Waals surface area contributed by atoms with Gasteiger partial charge in [-0.2, -0.15) is 4.68 Å². The number of rotatable bonds is 1. The molecule has 1 aliphatic heterocycles. The lowest BCUT2D eigenvalue weighted by Gasteiger charge is -2.25. The van der Waals surface area contributed by atoms with Crippen LogP contribution in [0.5, 0.6) is 0 Å². The lowest BCUT2D eigenvalue weighted by atomic mass is 10.3. The van der Waals surface area contributed by atoms with E-state index in [4.69, 9.17) is 4.74 Å². The van der Waals surface area contributed by atoms with Gasteiger partial charge in [0.15, 0.2) is 0 Å². The van der Waals surface area contributed by atoms with E-state index in [-0.39, 0.29) is 0 Å². The van der Waals surface area contributed by atoms with E-state index in [1.54, 1.807) is 18.2 Å². The Labute approximate surface area is 128 Å². The zero-order chi connectivity index (χ0) is 14.8. The average Bonchev–Trinajstić information content (AvgIpc) is 2.89. The van der Waals surface area contributed by atoms with Gasteiger partial charge in [0.2, 0.25) is 0 Å². The molecule has 1 aliphatic rings. The first-order valence-corrected chi connectivity index (χ1v) is 7.14. The second-order valence-electron chi connectivity index (χ2n) is 4.45. The quantitative estimate of drug-likeness (QED) is 0.697. The Hall–Kier alpha value is -2.00. The lowest BCUT2D eigenvalue weighted by molar-refractivity contribution is 0.0525. The first-order valence-electron chi connectivity index (χ1n) is 6.35. The number of ether oxygens (including phenoxy) is 1. The molecule has 1 amide bonds. The monoisotopic (exact) mass is 353 g/mol. The molecule has 1 fully saturated rings. The van der Waals surface area contributed by atoms with E-state index in [0.717, 1.165) is 13.8 Å². The summed E-state index contributed by atoms with van der Waals surface area (Å²) in [5, 5.41) is 7.43. The van der Waals surface area contributed by atoms with Crippen molar-refractivity contribution in [3.05, 3.63) is 39.2 Å². The minimum Gasteiger partial charge on any atom is -0.378 e. The molecular weight excluding hydrogens is 342 g/mol. The van der Waals surface area contributed by atoms with Crippen molar-refractivity contribution in [2.75, 3.05) is 26.3 Å². The molecule has 0 spiro atoms. The van der Waals surface area contributed by atoms with E-state index in [2.05, 4.69) is 26.4 Å². The molecule has 0 unspecified atom stereocenters. The molecule has 0 aliphatic carbocycles. The molecule has 0 bridgehead atoms. The smallest absolute Gasteiger partial charge is 0.377 e. The van der Waals surface area contributed by atoms with Crippen molar-refractivity contribution in [2.24, 2.45) is 0 Å². The van der Waals surface area contributed by atoms with Crippen LogP contribution in [0.15, 0.2) is 33.5 Å². The van der Waals surface area contributed by atoms with Crippen molar-refractivity contribution in [1.82, 2.24) is 24.7 Å². The SMILES string of the molecule is O=C(N1CCOCC1)n1nnn(-c2cccc(Br)c2)c1=O. The normalized spacial score (nSPS) is 15.2. The van der Waals surface area contributed by atoms with Crippen molar-refractivity contribution in [3.63, 3.8) is 0 Å². The predicted octanol–water partition coefficient (Wildman–Crippen LogP) is 0.492. The van der Waals surface area contributed by atoms with Crippen LogP contribution >= 0.6 is 15.9 Å². The Morgan fingerprint density at radius 2 is 2.00 bits per heavy atom. The average molecular weight is 354 g/mol. The van der Waals surface area contributed by atoms with Gasteiger partial charge in [0.1, 0.15) is 0 Å². The zero-order valence-electron chi connectivity index (χ0n) is 11.0. The Morgan fingerprint density at radius 1 is 1.24 bits per heavy atom. The summed E-state index contributed by atoms with van der Waals surface area (Å²) in [6.07, 6.45) is 0. The van der Waals surface area contributed by atoms with Crippen LogP contribution in [0.4, 0.5) is 4.79 Å². The van der Waals surface area contributed by atoms with Crippen LogP contribution in [-0.4, -0.2) is 57.0 Å². The summed E-state index contributed by atoms with van der Waals surface area (Å²) in [7, 11) is 0. The Kier molecular flexibility index (Phi) is 3.84. The number of hydrogen-bond acceptors (Lipinski definition) is 5. The van der Waals surface area contributed by atoms with Gasteiger partial charge in [-0.15, -0.1) is 4.68 Å². The van der Waals surface area contributed by atoms with Crippen LogP contribution in [0.3, 0.4) is 0 Å². The van der Waals surface area contributed by atoms with Crippen molar-refractivity contribution < 1.29 is 9.53 Å². The van der Waals surface area contributed by atoms with Crippen LogP contribution in [-0.2, 0) is 4.74 Å². The van der Waals surface area contributed by atoms with Crippen LogP contribution in [0, 0.1) is 0 Å². The highest BCUT2D eigenvalue weighted by Gasteiger charge is 2.23. The Morgan fingerprint density at radius 3 is 2.71 bits per heavy atom. The lowest BCUT2D eigenvalue weighted by Crippen LogP contribution is -2.46. The molecule has 1 saturated heterocycles. The number of tetrazole rings is 1. The third kappa shape index (κ3) is 2.74. The third-order valence-corrected chi connectivity index (χ3v) is 3.59. The van der Waals surface area contributed by atoms with Crippen LogP contribution in [0.25, 0.3) is 5.69 Å². The fourth-order valence-corrected chi connectivity index (χ4v) is 2.41. The molecule has 1 aromatic heterocycles. The van der Waals surface area contributed by atoms with Gasteiger partial charge in [0, 0.05) is 17.6 Å². The highest BCUT2D eigenvalue weighted by atomic mass is 79.9. The van der Waals surface area contributed by atoms with Crippen molar-refractivity contribution in [3.8, 4) is 5.69 Å². The topological polar surface area (TPSA) is 82.2 Å². The second kappa shape index (κ2) is 5.78. The van der Waals surface area contributed by atoms with E-state index in [9.17, 15) is 9.59 Å². The molecule has 9 heteroatoms. The summed E-state index contributed by atoms with van der Waals surface area (Å²) in [5.74, 6) is 0. The molecule has 0 atom stereocenters. The summed E-state index contributed by atoms with van der Waals surface area (Å²) in [6.45, 7) is 1.80. The van der Waals surface area contributed by atoms with E-state index in [0.29, 0.717) is 32.0 Å². The summed E-state index contributed by atoms with van der Waals surface area (Å²) >= 11 is 3.32. The number of hydrogen-bond donors (Lipinski definition) is 0. The van der Waals surface area contributed by atoms with Gasteiger partial charge in [-0.05, 0) is 28.6 Å². The fraction of sp³-hybridized carbons (Fsp3) is 0.333. The molecular formula is C12H12BrN5O3. The molecule has 0 N–H and O–H groups in total. The van der Waals surface area contributed by atoms with Crippen molar-refractivity contribution in [2.45, 2.75) is 0 Å². The van der Waals surface area contributed by atoms with Gasteiger partial charge < -0.3 is 9.64 Å². The molecule has 2 aromatic rings. The number of benzene rings is 1. The van der Waals surface area contributed by atoms with E-state index >= 15 is 0 Å². The number of carbonyl (C=O) groups is 1. The van der Waals surface area contributed by atoms with Gasteiger partial charge in [0.25, 0.3) is 0 Å². The summed E-state index contributed by atoms with van der Waals surface area (Å²) in [4.78, 5) is 26.0. The first-order chi connectivity index (χ1) is 10.2. The summed E-state index contributed by atoms with van der Waals surface area (Å²) in [5.41, 5.74) is -0.0556. The largest absolute Gasteiger partial charge is 0.378 e. The predicted molar refractivity (Wildman–Crippen MR) is 76.5 cm³/mol. The fourth-order valence-electron chi connectivity index (χ4n) is 2.02. The number of aromatic nitrogens is 4. The van der Waals surface area contributed by atoms with Gasteiger partial charge in [-0.25, -0.2) is 9.59 Å². The standard InChI is InChI=1S/C12H12BrN5O3/c13-9-2-1-3-10(8-9)17-12(20)18(15-14-17)11(19)16-4-6-21-7-5-16/h1-3,8H,4-7H2. The molecule has 0 saturated carbocycles. The van der Waals surface area contributed by atoms with Crippen molar-refractivity contribution >= 4 is 22.0 Å². The zero-order valence-corrected chi connectivity index (χ0v) is 12.6. The molecule has 21 heavy (non-hydrogen) atoms. The maximum Gasteiger partial charge on any atom is 0.377 e. The highest BCUT2D eigenvalue weighted by Crippen LogP contribution is 2.13. The van der Waals surface area contributed by atoms with E-state index in [1.165, 1.54) is 4.90 Å². The van der Waals surface area contributed by atoms with Crippen LogP contribution in [0.1, 0.15) is 0 Å². The third-order valence-electron chi connectivity index (χ3n) is 3.10. The molecule has 110 valence electrons. The number of nitrogens with zero attached hydrogens (tertiary/aromatic N) is 5. The minimum atomic E-state index is -0.593. The maximum atomic E-state index is 12.3. The Bertz CT molecular complexity index is 720. The van der Waals surface area contributed by atoms with Gasteiger partial charge in [-0.3, -0.25) is 0 Å². The van der Waals surface area contributed by atoms with E-state index < -0.39 is 11.7 Å². The highest BCUT2D eigenvalue weighted by molar-refractivity contribution is 9.10. The first kappa shape index (κ1) is 14.0. The maximum absolute atomic E-state index is 12.3. The van der Waals surface area contributed by atoms with Gasteiger partial charge in [-0.1, -0.05) is 22.0 Å². The molecule has 3 rings (SSSR count). The van der Waals surface area contributed by atoms with Crippen molar-refractivity contribution in [1.29, 1.82) is 0 Å². The number of carbonyl (C=O) groups excluding carboxylic acids is 1. The Balaban J connectivity index is 1.92. The second-order valence-corrected chi connectivity index (χ2v) is 5.36. The number of morpholine rings is 1. The molecule has 0 radical (unpaired) electrons. The molecule has 2 heterocycles. The minimum absolute atomic E-state index is 0.440. The summed E-state index contributed by atoms with van der Waals surface area (Å²) < 4.78 is 7.84. The number of halogens is 1. The van der Waals surface area contributed by atoms with Gasteiger partial charge >= 0.3 is 11.7 Å². The van der Waals surface area contributed by atoms with Crippen LogP contribution < -0.4 is 5.69 Å². The number of amides is 1. The van der Waals surface area contributed by atoms with Gasteiger partial charge in [0.05, 0.1) is 18.9 Å². The summed E-state index contributed by atoms with van der Waals surface area (Å²) in [6, 6.07) is 6.56. The van der Waals surface area contributed by atoms with E-state index in [1.807, 2.05) is 6.07 Å². The van der Waals surface area contributed by atoms with Crippen LogP contribution in [0.2, 0.25) is 0 Å².